The first-order chi connectivity index (χ1) is 18.6. The van der Waals surface area contributed by atoms with E-state index in [-0.39, 0.29) is 19.1 Å². The highest BCUT2D eigenvalue weighted by Gasteiger charge is 2.18. The van der Waals surface area contributed by atoms with Gasteiger partial charge in [-0.3, -0.25) is 10.1 Å². The first-order valence-electron chi connectivity index (χ1n) is 12.2. The van der Waals surface area contributed by atoms with Gasteiger partial charge in [0.25, 0.3) is 5.91 Å². The maximum absolute atomic E-state index is 13.3. The van der Waals surface area contributed by atoms with Gasteiger partial charge in [0.05, 0.1) is 12.8 Å². The lowest BCUT2D eigenvalue weighted by molar-refractivity contribution is 0.102. The number of hydrogen-bond donors (Lipinski definition) is 4. The number of nitrogens with one attached hydrogen (secondary N) is 3. The zero-order valence-electron chi connectivity index (χ0n) is 20.8. The second kappa shape index (κ2) is 11.1. The molecule has 0 aliphatic heterocycles. The van der Waals surface area contributed by atoms with E-state index in [1.807, 2.05) is 72.8 Å². The van der Waals surface area contributed by atoms with Crippen LogP contribution in [0.3, 0.4) is 0 Å². The predicted octanol–water partition coefficient (Wildman–Crippen LogP) is 5.87. The number of aliphatic hydroxyl groups is 1. The summed E-state index contributed by atoms with van der Waals surface area (Å²) >= 11 is 0. The minimum absolute atomic E-state index is 0.106. The van der Waals surface area contributed by atoms with E-state index in [4.69, 9.17) is 9.47 Å². The van der Waals surface area contributed by atoms with Crippen molar-refractivity contribution in [2.45, 2.75) is 13.0 Å². The second-order valence-electron chi connectivity index (χ2n) is 8.75. The fraction of sp³-hybridized carbons (Fsp3) is 0.133. The zero-order valence-corrected chi connectivity index (χ0v) is 20.8. The van der Waals surface area contributed by atoms with Crippen LogP contribution >= 0.6 is 0 Å². The van der Waals surface area contributed by atoms with Gasteiger partial charge < -0.3 is 24.9 Å². The van der Waals surface area contributed by atoms with Crippen molar-refractivity contribution < 1.29 is 24.2 Å². The second-order valence-corrected chi connectivity index (χ2v) is 8.75. The number of methoxy groups -OCH3 is 1. The SMILES string of the molecule is COc1ccc2[nH]c(C(=O)Nc3cc(NC(=O)OCc4ccccc4)c4ccccc4c3CCO)cc2c1. The molecule has 38 heavy (non-hydrogen) atoms. The Morgan fingerprint density at radius 1 is 0.868 bits per heavy atom. The summed E-state index contributed by atoms with van der Waals surface area (Å²) in [5.41, 5.74) is 3.77. The number of benzene rings is 4. The first kappa shape index (κ1) is 24.9. The molecule has 0 saturated carbocycles. The predicted molar refractivity (Wildman–Crippen MR) is 148 cm³/mol. The highest BCUT2D eigenvalue weighted by atomic mass is 16.5. The van der Waals surface area contributed by atoms with Crippen molar-refractivity contribution in [3.63, 3.8) is 0 Å². The average Bonchev–Trinajstić information content (AvgIpc) is 3.38. The van der Waals surface area contributed by atoms with Gasteiger partial charge in [0, 0.05) is 28.6 Å². The Morgan fingerprint density at radius 3 is 2.39 bits per heavy atom. The Kier molecular flexibility index (Phi) is 7.24. The number of aromatic nitrogens is 1. The van der Waals surface area contributed by atoms with Crippen molar-refractivity contribution in [2.75, 3.05) is 24.4 Å². The maximum Gasteiger partial charge on any atom is 0.411 e. The minimum Gasteiger partial charge on any atom is -0.497 e. The third-order valence-corrected chi connectivity index (χ3v) is 6.29. The molecule has 5 aromatic rings. The van der Waals surface area contributed by atoms with Crippen LogP contribution in [0.2, 0.25) is 0 Å². The summed E-state index contributed by atoms with van der Waals surface area (Å²) in [4.78, 5) is 29.1. The lowest BCUT2D eigenvalue weighted by Gasteiger charge is -2.17. The number of rotatable bonds is 8. The number of amides is 2. The zero-order chi connectivity index (χ0) is 26.5. The Bertz CT molecular complexity index is 1610. The molecule has 5 rings (SSSR count). The molecule has 4 N–H and O–H groups in total. The molecular formula is C30H27N3O5. The Morgan fingerprint density at radius 2 is 1.63 bits per heavy atom. The van der Waals surface area contributed by atoms with Crippen LogP contribution in [0.5, 0.6) is 5.75 Å². The van der Waals surface area contributed by atoms with Crippen LogP contribution in [0, 0.1) is 0 Å². The fourth-order valence-corrected chi connectivity index (χ4v) is 4.45. The normalized spacial score (nSPS) is 10.9. The summed E-state index contributed by atoms with van der Waals surface area (Å²) in [7, 11) is 1.59. The molecule has 0 unspecified atom stereocenters. The molecule has 2 amide bonds. The van der Waals surface area contributed by atoms with Crippen molar-refractivity contribution in [3.8, 4) is 5.75 Å². The molecule has 0 fully saturated rings. The third kappa shape index (κ3) is 5.30. The molecular weight excluding hydrogens is 482 g/mol. The van der Waals surface area contributed by atoms with Gasteiger partial charge in [0.15, 0.2) is 0 Å². The molecule has 0 bridgehead atoms. The molecule has 4 aromatic carbocycles. The number of carbonyl (C=O) groups is 2. The molecule has 8 nitrogen and oxygen atoms in total. The van der Waals surface area contributed by atoms with Crippen LogP contribution in [0.1, 0.15) is 21.6 Å². The number of aliphatic hydroxyl groups excluding tert-OH is 1. The van der Waals surface area contributed by atoms with E-state index in [1.165, 1.54) is 0 Å². The van der Waals surface area contributed by atoms with Crippen molar-refractivity contribution in [3.05, 3.63) is 102 Å². The van der Waals surface area contributed by atoms with Crippen molar-refractivity contribution >= 4 is 45.1 Å². The van der Waals surface area contributed by atoms with Crippen molar-refractivity contribution in [1.82, 2.24) is 4.98 Å². The summed E-state index contributed by atoms with van der Waals surface area (Å²) < 4.78 is 10.7. The van der Waals surface area contributed by atoms with Crippen LogP contribution in [0.4, 0.5) is 16.2 Å². The van der Waals surface area contributed by atoms with E-state index in [9.17, 15) is 14.7 Å². The van der Waals surface area contributed by atoms with Gasteiger partial charge in [-0.2, -0.15) is 0 Å². The van der Waals surface area contributed by atoms with E-state index in [0.29, 0.717) is 29.2 Å². The molecule has 8 heteroatoms. The van der Waals surface area contributed by atoms with Crippen LogP contribution in [0.15, 0.2) is 84.9 Å². The Balaban J connectivity index is 1.45. The van der Waals surface area contributed by atoms with E-state index in [1.54, 1.807) is 19.2 Å². The highest BCUT2D eigenvalue weighted by molar-refractivity contribution is 6.10. The highest BCUT2D eigenvalue weighted by Crippen LogP contribution is 2.34. The van der Waals surface area contributed by atoms with Crippen molar-refractivity contribution in [1.29, 1.82) is 0 Å². The fourth-order valence-electron chi connectivity index (χ4n) is 4.45. The van der Waals surface area contributed by atoms with E-state index in [0.717, 1.165) is 32.8 Å². The first-order valence-corrected chi connectivity index (χ1v) is 12.2. The Labute approximate surface area is 219 Å². The lowest BCUT2D eigenvalue weighted by Crippen LogP contribution is -2.17. The van der Waals surface area contributed by atoms with Gasteiger partial charge in [-0.25, -0.2) is 4.79 Å². The van der Waals surface area contributed by atoms with Gasteiger partial charge in [-0.1, -0.05) is 54.6 Å². The van der Waals surface area contributed by atoms with Gasteiger partial charge in [0.2, 0.25) is 0 Å². The van der Waals surface area contributed by atoms with Crippen LogP contribution in [0.25, 0.3) is 21.7 Å². The molecule has 0 saturated heterocycles. The topological polar surface area (TPSA) is 113 Å². The summed E-state index contributed by atoms with van der Waals surface area (Å²) in [6.07, 6.45) is -0.297. The van der Waals surface area contributed by atoms with Crippen molar-refractivity contribution in [2.24, 2.45) is 0 Å². The molecule has 0 radical (unpaired) electrons. The molecule has 0 spiro atoms. The van der Waals surface area contributed by atoms with E-state index >= 15 is 0 Å². The number of fused-ring (bicyclic) bond motifs is 2. The number of anilines is 2. The summed E-state index contributed by atoms with van der Waals surface area (Å²) in [5.74, 6) is 0.338. The molecule has 0 aliphatic carbocycles. The van der Waals surface area contributed by atoms with Crippen LogP contribution < -0.4 is 15.4 Å². The van der Waals surface area contributed by atoms with Crippen LogP contribution in [-0.2, 0) is 17.8 Å². The standard InChI is InChI=1S/C30H27N3O5/c1-37-21-11-12-25-20(15-21)16-28(31-25)29(35)32-26-17-27(23-10-6-5-9-22(23)24(26)13-14-34)33-30(36)38-18-19-7-3-2-4-8-19/h2-12,15-17,31,34H,13-14,18H2,1H3,(H,32,35)(H,33,36). The number of H-pyrrole nitrogens is 1. The number of aromatic amines is 1. The summed E-state index contributed by atoms with van der Waals surface area (Å²) in [6, 6.07) is 25.9. The number of ether oxygens (including phenoxy) is 2. The average molecular weight is 510 g/mol. The molecule has 1 aromatic heterocycles. The number of hydrogen-bond acceptors (Lipinski definition) is 5. The van der Waals surface area contributed by atoms with Gasteiger partial charge in [0.1, 0.15) is 18.1 Å². The lowest BCUT2D eigenvalue weighted by atomic mass is 9.98. The molecule has 0 aliphatic rings. The quantitative estimate of drug-likeness (QED) is 0.209. The van der Waals surface area contributed by atoms with Crippen LogP contribution in [-0.4, -0.2) is 35.8 Å². The largest absolute Gasteiger partial charge is 0.497 e. The van der Waals surface area contributed by atoms with Gasteiger partial charge >= 0.3 is 6.09 Å². The molecule has 1 heterocycles. The summed E-state index contributed by atoms with van der Waals surface area (Å²) in [5, 5.41) is 18.0. The molecule has 0 atom stereocenters. The number of carbonyl (C=O) groups excluding carboxylic acids is 2. The van der Waals surface area contributed by atoms with E-state index in [2.05, 4.69) is 15.6 Å². The smallest absolute Gasteiger partial charge is 0.411 e. The maximum atomic E-state index is 13.3. The molecule has 192 valence electrons. The van der Waals surface area contributed by atoms with E-state index < -0.39 is 6.09 Å². The van der Waals surface area contributed by atoms with Gasteiger partial charge in [-0.15, -0.1) is 0 Å². The monoisotopic (exact) mass is 509 g/mol. The third-order valence-electron chi connectivity index (χ3n) is 6.29. The minimum atomic E-state index is -0.615. The van der Waals surface area contributed by atoms with Gasteiger partial charge in [-0.05, 0) is 53.3 Å². The summed E-state index contributed by atoms with van der Waals surface area (Å²) in [6.45, 7) is 0.0207. The Hall–Kier alpha value is -4.82.